The van der Waals surface area contributed by atoms with Crippen molar-refractivity contribution in [2.75, 3.05) is 6.54 Å². The molecule has 0 bridgehead atoms. The van der Waals surface area contributed by atoms with Crippen molar-refractivity contribution in [1.29, 1.82) is 0 Å². The van der Waals surface area contributed by atoms with Gasteiger partial charge in [-0.1, -0.05) is 69.3 Å². The Labute approximate surface area is 196 Å². The third-order valence-electron chi connectivity index (χ3n) is 6.43. The van der Waals surface area contributed by atoms with Crippen molar-refractivity contribution < 1.29 is 9.90 Å². The van der Waals surface area contributed by atoms with Crippen LogP contribution in [-0.4, -0.2) is 27.1 Å². The molecule has 0 saturated carbocycles. The summed E-state index contributed by atoms with van der Waals surface area (Å²) in [5.74, 6) is -0.760. The average Bonchev–Trinajstić information content (AvgIpc) is 3.10. The highest BCUT2D eigenvalue weighted by atomic mass is 16.4. The maximum absolute atomic E-state index is 11.3. The van der Waals surface area contributed by atoms with E-state index in [0.29, 0.717) is 6.54 Å². The highest BCUT2D eigenvalue weighted by Gasteiger charge is 2.15. The van der Waals surface area contributed by atoms with E-state index in [2.05, 4.69) is 104 Å². The lowest BCUT2D eigenvalue weighted by Gasteiger charge is -2.23. The molecule has 4 nitrogen and oxygen atoms in total. The van der Waals surface area contributed by atoms with E-state index in [1.807, 2.05) is 0 Å². The lowest BCUT2D eigenvalue weighted by molar-refractivity contribution is -0.137. The molecule has 0 fully saturated rings. The van der Waals surface area contributed by atoms with Gasteiger partial charge in [-0.2, -0.15) is 0 Å². The van der Waals surface area contributed by atoms with E-state index < -0.39 is 5.97 Å². The summed E-state index contributed by atoms with van der Waals surface area (Å²) in [6.07, 6.45) is 0.136. The second-order valence-electron chi connectivity index (χ2n) is 9.91. The Morgan fingerprint density at radius 3 is 2.18 bits per heavy atom. The van der Waals surface area contributed by atoms with Crippen molar-refractivity contribution in [1.82, 2.24) is 9.47 Å². The number of rotatable bonds is 8. The maximum Gasteiger partial charge on any atom is 0.304 e. The van der Waals surface area contributed by atoms with Gasteiger partial charge >= 0.3 is 5.97 Å². The van der Waals surface area contributed by atoms with E-state index in [9.17, 15) is 9.90 Å². The largest absolute Gasteiger partial charge is 0.481 e. The van der Waals surface area contributed by atoms with E-state index in [0.717, 1.165) is 19.6 Å². The Hall–Kier alpha value is -3.11. The normalized spacial score (nSPS) is 12.2. The molecule has 0 unspecified atom stereocenters. The van der Waals surface area contributed by atoms with Crippen LogP contribution < -0.4 is 0 Å². The van der Waals surface area contributed by atoms with Crippen molar-refractivity contribution in [2.45, 2.75) is 59.2 Å². The Morgan fingerprint density at radius 1 is 0.879 bits per heavy atom. The number of aryl methyl sites for hydroxylation is 1. The minimum atomic E-state index is -0.760. The summed E-state index contributed by atoms with van der Waals surface area (Å²) in [7, 11) is 0. The lowest BCUT2D eigenvalue weighted by atomic mass is 9.87. The quantitative estimate of drug-likeness (QED) is 0.335. The molecule has 3 aromatic carbocycles. The summed E-state index contributed by atoms with van der Waals surface area (Å²) >= 11 is 0. The number of benzene rings is 3. The molecule has 4 aromatic rings. The molecule has 0 atom stereocenters. The number of fused-ring (bicyclic) bond motifs is 3. The monoisotopic (exact) mass is 442 g/mol. The molecule has 0 spiro atoms. The van der Waals surface area contributed by atoms with Crippen LogP contribution in [-0.2, 0) is 29.8 Å². The van der Waals surface area contributed by atoms with Crippen LogP contribution in [0.1, 0.15) is 50.8 Å². The molecule has 4 rings (SSSR count). The van der Waals surface area contributed by atoms with E-state index in [4.69, 9.17) is 0 Å². The minimum Gasteiger partial charge on any atom is -0.481 e. The van der Waals surface area contributed by atoms with Crippen LogP contribution in [0.15, 0.2) is 66.7 Å². The highest BCUT2D eigenvalue weighted by molar-refractivity contribution is 6.08. The van der Waals surface area contributed by atoms with Crippen molar-refractivity contribution in [2.24, 2.45) is 0 Å². The number of carbonyl (C=O) groups is 1. The molecule has 0 aliphatic rings. The standard InChI is InChI=1S/C29H34N2O2/c1-5-31-26-9-7-6-8-24(26)25-18-22(12-15-27(25)31)20-30(17-16-28(32)33)19-21-10-13-23(14-11-21)29(2,3)4/h6-15,18H,5,16-17,19-20H2,1-4H3,(H,32,33). The molecule has 0 aliphatic carbocycles. The molecule has 0 aliphatic heterocycles. The molecule has 172 valence electrons. The third kappa shape index (κ3) is 5.12. The van der Waals surface area contributed by atoms with Crippen LogP contribution in [0.2, 0.25) is 0 Å². The van der Waals surface area contributed by atoms with E-state index in [1.165, 1.54) is 38.5 Å². The predicted molar refractivity (Wildman–Crippen MR) is 137 cm³/mol. The summed E-state index contributed by atoms with van der Waals surface area (Å²) < 4.78 is 2.35. The van der Waals surface area contributed by atoms with Gasteiger partial charge in [-0.25, -0.2) is 0 Å². The van der Waals surface area contributed by atoms with Gasteiger partial charge in [0.15, 0.2) is 0 Å². The van der Waals surface area contributed by atoms with Crippen molar-refractivity contribution >= 4 is 27.8 Å². The molecule has 1 aromatic heterocycles. The molecule has 0 saturated heterocycles. The fourth-order valence-corrected chi connectivity index (χ4v) is 4.63. The summed E-state index contributed by atoms with van der Waals surface area (Å²) in [6.45, 7) is 11.7. The molecule has 1 N–H and O–H groups in total. The Balaban J connectivity index is 1.62. The van der Waals surface area contributed by atoms with Gasteiger partial charge in [-0.3, -0.25) is 9.69 Å². The summed E-state index contributed by atoms with van der Waals surface area (Å²) in [6, 6.07) is 23.9. The summed E-state index contributed by atoms with van der Waals surface area (Å²) in [5, 5.41) is 11.8. The molecule has 1 heterocycles. The number of para-hydroxylation sites is 1. The van der Waals surface area contributed by atoms with Crippen LogP contribution in [0, 0.1) is 0 Å². The van der Waals surface area contributed by atoms with Gasteiger partial charge < -0.3 is 9.67 Å². The fraction of sp³-hybridized carbons (Fsp3) is 0.345. The van der Waals surface area contributed by atoms with Crippen LogP contribution >= 0.6 is 0 Å². The number of carboxylic acids is 1. The first-order valence-corrected chi connectivity index (χ1v) is 11.8. The topological polar surface area (TPSA) is 45.5 Å². The summed E-state index contributed by atoms with van der Waals surface area (Å²) in [5.41, 5.74) is 6.34. The van der Waals surface area contributed by atoms with Crippen LogP contribution in [0.4, 0.5) is 0 Å². The molecule has 4 heteroatoms. The predicted octanol–water partition coefficient (Wildman–Crippen LogP) is 6.59. The fourth-order valence-electron chi connectivity index (χ4n) is 4.63. The number of carboxylic acid groups (broad SMARTS) is 1. The van der Waals surface area contributed by atoms with Gasteiger partial charge in [-0.05, 0) is 47.2 Å². The smallest absolute Gasteiger partial charge is 0.304 e. The van der Waals surface area contributed by atoms with Gasteiger partial charge in [-0.15, -0.1) is 0 Å². The zero-order valence-electron chi connectivity index (χ0n) is 20.1. The van der Waals surface area contributed by atoms with Crippen LogP contribution in [0.3, 0.4) is 0 Å². The zero-order valence-corrected chi connectivity index (χ0v) is 20.1. The maximum atomic E-state index is 11.3. The first kappa shape index (κ1) is 23.1. The van der Waals surface area contributed by atoms with Crippen molar-refractivity contribution in [3.63, 3.8) is 0 Å². The average molecular weight is 443 g/mol. The van der Waals surface area contributed by atoms with Gasteiger partial charge in [0.1, 0.15) is 0 Å². The number of nitrogens with zero attached hydrogens (tertiary/aromatic N) is 2. The molecule has 0 amide bonds. The molecular weight excluding hydrogens is 408 g/mol. The highest BCUT2D eigenvalue weighted by Crippen LogP contribution is 2.30. The molecule has 33 heavy (non-hydrogen) atoms. The van der Waals surface area contributed by atoms with Crippen molar-refractivity contribution in [3.8, 4) is 0 Å². The minimum absolute atomic E-state index is 0.120. The van der Waals surface area contributed by atoms with Gasteiger partial charge in [0.25, 0.3) is 0 Å². The Kier molecular flexibility index (Phi) is 6.57. The SMILES string of the molecule is CCn1c2ccccc2c2cc(CN(CCC(=O)O)Cc3ccc(C(C)(C)C)cc3)ccc21. The summed E-state index contributed by atoms with van der Waals surface area (Å²) in [4.78, 5) is 13.5. The lowest BCUT2D eigenvalue weighted by Crippen LogP contribution is -2.25. The Morgan fingerprint density at radius 2 is 1.52 bits per heavy atom. The molecular formula is C29H34N2O2. The number of aliphatic carboxylic acids is 1. The van der Waals surface area contributed by atoms with Crippen LogP contribution in [0.5, 0.6) is 0 Å². The number of hydrogen-bond donors (Lipinski definition) is 1. The van der Waals surface area contributed by atoms with Crippen molar-refractivity contribution in [3.05, 3.63) is 83.4 Å². The zero-order chi connectivity index (χ0) is 23.6. The van der Waals surface area contributed by atoms with E-state index in [-0.39, 0.29) is 11.8 Å². The number of hydrogen-bond acceptors (Lipinski definition) is 2. The first-order valence-electron chi connectivity index (χ1n) is 11.8. The van der Waals surface area contributed by atoms with Gasteiger partial charge in [0.05, 0.1) is 6.42 Å². The number of aromatic nitrogens is 1. The Bertz CT molecular complexity index is 1260. The second kappa shape index (κ2) is 9.40. The second-order valence-corrected chi connectivity index (χ2v) is 9.91. The first-order chi connectivity index (χ1) is 15.8. The molecule has 0 radical (unpaired) electrons. The van der Waals surface area contributed by atoms with Gasteiger partial charge in [0.2, 0.25) is 0 Å². The third-order valence-corrected chi connectivity index (χ3v) is 6.43. The van der Waals surface area contributed by atoms with Crippen LogP contribution in [0.25, 0.3) is 21.8 Å². The van der Waals surface area contributed by atoms with Gasteiger partial charge in [0, 0.05) is 48.0 Å². The van der Waals surface area contributed by atoms with E-state index in [1.54, 1.807) is 0 Å². The van der Waals surface area contributed by atoms with E-state index >= 15 is 0 Å².